The van der Waals surface area contributed by atoms with Crippen LogP contribution in [0.1, 0.15) is 51.0 Å². The molecule has 1 unspecified atom stereocenters. The molecule has 1 fully saturated rings. The molecule has 2 aromatic carbocycles. The van der Waals surface area contributed by atoms with Gasteiger partial charge in [-0.15, -0.1) is 0 Å². The van der Waals surface area contributed by atoms with Gasteiger partial charge < -0.3 is 19.7 Å². The lowest BCUT2D eigenvalue weighted by atomic mass is 10.1. The molecular formula is C27H33Cl2N3O6S. The molecule has 2 aliphatic rings. The Bertz CT molecular complexity index is 1320. The van der Waals surface area contributed by atoms with Crippen LogP contribution in [0.5, 0.6) is 11.5 Å². The van der Waals surface area contributed by atoms with E-state index in [1.54, 1.807) is 43.3 Å². The van der Waals surface area contributed by atoms with Crippen molar-refractivity contribution in [2.45, 2.75) is 64.1 Å². The SMILES string of the molecule is CC(C(=O)NC1CCCC1)N(Cc1ccc(Cl)c(Cl)c1)C(=O)CCCN(c1ccc2c(c1)OCO2)S(C)(=O)=O. The Hall–Kier alpha value is -2.69. The molecule has 1 aliphatic heterocycles. The van der Waals surface area contributed by atoms with Crippen molar-refractivity contribution in [3.63, 3.8) is 0 Å². The zero-order valence-electron chi connectivity index (χ0n) is 22.0. The molecule has 0 saturated heterocycles. The first kappa shape index (κ1) is 29.3. The quantitative estimate of drug-likeness (QED) is 0.401. The molecule has 0 aromatic heterocycles. The number of halogens is 2. The van der Waals surface area contributed by atoms with Crippen molar-refractivity contribution in [2.75, 3.05) is 23.9 Å². The smallest absolute Gasteiger partial charge is 0.242 e. The molecule has 2 aromatic rings. The molecule has 1 heterocycles. The molecule has 1 aliphatic carbocycles. The predicted octanol–water partition coefficient (Wildman–Crippen LogP) is 4.74. The average molecular weight is 599 g/mol. The summed E-state index contributed by atoms with van der Waals surface area (Å²) in [6, 6.07) is 9.39. The van der Waals surface area contributed by atoms with Crippen molar-refractivity contribution in [3.8, 4) is 11.5 Å². The van der Waals surface area contributed by atoms with Crippen molar-refractivity contribution in [1.29, 1.82) is 0 Å². The molecular weight excluding hydrogens is 565 g/mol. The van der Waals surface area contributed by atoms with Crippen molar-refractivity contribution >= 4 is 50.7 Å². The second-order valence-corrected chi connectivity index (χ2v) is 12.6. The number of amides is 2. The highest BCUT2D eigenvalue weighted by molar-refractivity contribution is 7.92. The summed E-state index contributed by atoms with van der Waals surface area (Å²) in [7, 11) is -3.63. The Kier molecular flexibility index (Phi) is 9.51. The molecule has 1 atom stereocenters. The Morgan fingerprint density at radius 3 is 2.46 bits per heavy atom. The van der Waals surface area contributed by atoms with Crippen LogP contribution in [0.4, 0.5) is 5.69 Å². The van der Waals surface area contributed by atoms with E-state index in [4.69, 9.17) is 32.7 Å². The van der Waals surface area contributed by atoms with E-state index >= 15 is 0 Å². The monoisotopic (exact) mass is 597 g/mol. The van der Waals surface area contributed by atoms with E-state index in [1.165, 1.54) is 9.21 Å². The lowest BCUT2D eigenvalue weighted by Gasteiger charge is -2.30. The second kappa shape index (κ2) is 12.7. The predicted molar refractivity (Wildman–Crippen MR) is 151 cm³/mol. The summed E-state index contributed by atoms with van der Waals surface area (Å²) in [5.74, 6) is 0.528. The molecule has 212 valence electrons. The summed E-state index contributed by atoms with van der Waals surface area (Å²) in [5.41, 5.74) is 1.16. The number of carbonyl (C=O) groups is 2. The summed E-state index contributed by atoms with van der Waals surface area (Å²) < 4.78 is 37.1. The molecule has 0 radical (unpaired) electrons. The summed E-state index contributed by atoms with van der Waals surface area (Å²) in [4.78, 5) is 28.1. The third-order valence-electron chi connectivity index (χ3n) is 7.00. The number of nitrogens with zero attached hydrogens (tertiary/aromatic N) is 2. The Balaban J connectivity index is 1.46. The van der Waals surface area contributed by atoms with Gasteiger partial charge in [0.15, 0.2) is 11.5 Å². The Labute approximate surface area is 239 Å². The summed E-state index contributed by atoms with van der Waals surface area (Å²) in [6.07, 6.45) is 5.41. The molecule has 4 rings (SSSR count). The van der Waals surface area contributed by atoms with Crippen molar-refractivity contribution in [3.05, 3.63) is 52.0 Å². The summed E-state index contributed by atoms with van der Waals surface area (Å²) in [6.45, 7) is 2.02. The molecule has 2 amide bonds. The number of sulfonamides is 1. The van der Waals surface area contributed by atoms with E-state index in [9.17, 15) is 18.0 Å². The number of fused-ring (bicyclic) bond motifs is 1. The van der Waals surface area contributed by atoms with E-state index in [-0.39, 0.29) is 50.6 Å². The summed E-state index contributed by atoms with van der Waals surface area (Å²) in [5, 5.41) is 3.82. The maximum absolute atomic E-state index is 13.5. The normalized spacial score (nSPS) is 15.7. The zero-order chi connectivity index (χ0) is 28.2. The van der Waals surface area contributed by atoms with Gasteiger partial charge in [0.25, 0.3) is 0 Å². The van der Waals surface area contributed by atoms with Gasteiger partial charge in [0, 0.05) is 31.6 Å². The lowest BCUT2D eigenvalue weighted by molar-refractivity contribution is -0.141. The second-order valence-electron chi connectivity index (χ2n) is 9.91. The van der Waals surface area contributed by atoms with Crippen LogP contribution >= 0.6 is 23.2 Å². The fraction of sp³-hybridized carbons (Fsp3) is 0.481. The molecule has 1 saturated carbocycles. The fourth-order valence-electron chi connectivity index (χ4n) is 4.85. The molecule has 0 bridgehead atoms. The van der Waals surface area contributed by atoms with Crippen LogP contribution in [-0.4, -0.2) is 56.8 Å². The van der Waals surface area contributed by atoms with Crippen LogP contribution in [0.15, 0.2) is 36.4 Å². The first-order chi connectivity index (χ1) is 18.5. The number of carbonyl (C=O) groups excluding carboxylic acids is 2. The number of hydrogen-bond acceptors (Lipinski definition) is 6. The number of ether oxygens (including phenoxy) is 2. The largest absolute Gasteiger partial charge is 0.454 e. The number of anilines is 1. The van der Waals surface area contributed by atoms with E-state index in [2.05, 4.69) is 5.32 Å². The van der Waals surface area contributed by atoms with Gasteiger partial charge in [-0.1, -0.05) is 42.1 Å². The zero-order valence-corrected chi connectivity index (χ0v) is 24.3. The van der Waals surface area contributed by atoms with Crippen LogP contribution in [0.25, 0.3) is 0 Å². The number of rotatable bonds is 11. The third-order valence-corrected chi connectivity index (χ3v) is 8.94. The van der Waals surface area contributed by atoms with Crippen LogP contribution in [0.3, 0.4) is 0 Å². The van der Waals surface area contributed by atoms with Crippen LogP contribution in [-0.2, 0) is 26.2 Å². The molecule has 12 heteroatoms. The molecule has 39 heavy (non-hydrogen) atoms. The highest BCUT2D eigenvalue weighted by atomic mass is 35.5. The Morgan fingerprint density at radius 1 is 1.05 bits per heavy atom. The maximum atomic E-state index is 13.5. The fourth-order valence-corrected chi connectivity index (χ4v) is 6.13. The first-order valence-electron chi connectivity index (χ1n) is 12.9. The summed E-state index contributed by atoms with van der Waals surface area (Å²) >= 11 is 12.3. The van der Waals surface area contributed by atoms with Gasteiger partial charge in [0.2, 0.25) is 28.6 Å². The lowest BCUT2D eigenvalue weighted by Crippen LogP contribution is -2.49. The van der Waals surface area contributed by atoms with Gasteiger partial charge in [0.1, 0.15) is 6.04 Å². The van der Waals surface area contributed by atoms with Crippen molar-refractivity contribution < 1.29 is 27.5 Å². The van der Waals surface area contributed by atoms with Gasteiger partial charge in [0.05, 0.1) is 22.0 Å². The molecule has 0 spiro atoms. The Morgan fingerprint density at radius 2 is 1.77 bits per heavy atom. The first-order valence-corrected chi connectivity index (χ1v) is 15.5. The highest BCUT2D eigenvalue weighted by Crippen LogP contribution is 2.36. The van der Waals surface area contributed by atoms with Gasteiger partial charge in [-0.25, -0.2) is 8.42 Å². The van der Waals surface area contributed by atoms with Crippen molar-refractivity contribution in [2.24, 2.45) is 0 Å². The van der Waals surface area contributed by atoms with Crippen molar-refractivity contribution in [1.82, 2.24) is 10.2 Å². The van der Waals surface area contributed by atoms with Gasteiger partial charge in [-0.3, -0.25) is 13.9 Å². The van der Waals surface area contributed by atoms with Gasteiger partial charge >= 0.3 is 0 Å². The number of nitrogens with one attached hydrogen (secondary N) is 1. The average Bonchev–Trinajstić information content (AvgIpc) is 3.57. The molecule has 9 nitrogen and oxygen atoms in total. The van der Waals surface area contributed by atoms with Crippen LogP contribution < -0.4 is 19.1 Å². The highest BCUT2D eigenvalue weighted by Gasteiger charge is 2.29. The maximum Gasteiger partial charge on any atom is 0.242 e. The van der Waals surface area contributed by atoms with E-state index in [0.717, 1.165) is 37.5 Å². The van der Waals surface area contributed by atoms with Crippen LogP contribution in [0, 0.1) is 0 Å². The van der Waals surface area contributed by atoms with Gasteiger partial charge in [-0.05, 0) is 56.0 Å². The van der Waals surface area contributed by atoms with Gasteiger partial charge in [-0.2, -0.15) is 0 Å². The number of hydrogen-bond donors (Lipinski definition) is 1. The topological polar surface area (TPSA) is 105 Å². The minimum atomic E-state index is -3.63. The third kappa shape index (κ3) is 7.49. The van der Waals surface area contributed by atoms with E-state index in [0.29, 0.717) is 27.2 Å². The van der Waals surface area contributed by atoms with E-state index < -0.39 is 16.1 Å². The van der Waals surface area contributed by atoms with E-state index in [1.807, 2.05) is 0 Å². The van der Waals surface area contributed by atoms with Crippen LogP contribution in [0.2, 0.25) is 10.0 Å². The molecule has 1 N–H and O–H groups in total. The number of benzene rings is 2. The minimum Gasteiger partial charge on any atom is -0.454 e. The standard InChI is InChI=1S/C27H33Cl2N3O6S/c1-18(27(34)30-20-6-3-4-7-20)31(16-19-9-11-22(28)23(29)14-19)26(33)8-5-13-32(39(2,35)36)21-10-12-24-25(15-21)38-17-37-24/h9-12,14-15,18,20H,3-8,13,16-17H2,1-2H3,(H,30,34). The minimum absolute atomic E-state index is 0.0406.